The molecule has 0 aromatic carbocycles. The summed E-state index contributed by atoms with van der Waals surface area (Å²) in [5.41, 5.74) is 0.575. The van der Waals surface area contributed by atoms with E-state index in [1.807, 2.05) is 9.58 Å². The van der Waals surface area contributed by atoms with E-state index in [1.54, 1.807) is 12.4 Å². The van der Waals surface area contributed by atoms with Gasteiger partial charge >= 0.3 is 0 Å². The maximum atomic E-state index is 12.3. The molecule has 0 radical (unpaired) electrons. The molecule has 1 atom stereocenters. The van der Waals surface area contributed by atoms with Gasteiger partial charge in [0.2, 0.25) is 0 Å². The molecule has 6 nitrogen and oxygen atoms in total. The molecule has 100 valence electrons. The fourth-order valence-corrected chi connectivity index (χ4v) is 2.71. The van der Waals surface area contributed by atoms with Crippen LogP contribution in [-0.2, 0) is 0 Å². The average molecular weight is 325 g/mol. The zero-order chi connectivity index (χ0) is 13.2. The maximum Gasteiger partial charge on any atom is 0.257 e. The summed E-state index contributed by atoms with van der Waals surface area (Å²) < 4.78 is 7.51. The van der Waals surface area contributed by atoms with Gasteiger partial charge in [0.15, 0.2) is 4.67 Å². The number of rotatable bonds is 2. The first-order chi connectivity index (χ1) is 9.24. The van der Waals surface area contributed by atoms with E-state index in [4.69, 9.17) is 4.42 Å². The highest BCUT2D eigenvalue weighted by Crippen LogP contribution is 2.23. The third kappa shape index (κ3) is 2.56. The fraction of sp³-hybridized carbons (Fsp3) is 0.417. The molecule has 0 bridgehead atoms. The molecule has 7 heteroatoms. The Balaban J connectivity index is 1.73. The molecule has 1 amide bonds. The second kappa shape index (κ2) is 5.16. The zero-order valence-electron chi connectivity index (χ0n) is 10.2. The van der Waals surface area contributed by atoms with Gasteiger partial charge in [-0.2, -0.15) is 5.10 Å². The summed E-state index contributed by atoms with van der Waals surface area (Å²) >= 11 is 3.21. The average Bonchev–Trinajstić information content (AvgIpc) is 3.09. The van der Waals surface area contributed by atoms with Gasteiger partial charge in [-0.3, -0.25) is 4.79 Å². The Kier molecular flexibility index (Phi) is 3.37. The van der Waals surface area contributed by atoms with Crippen LogP contribution in [0.3, 0.4) is 0 Å². The Morgan fingerprint density at radius 2 is 2.42 bits per heavy atom. The fourth-order valence-electron chi connectivity index (χ4n) is 2.37. The van der Waals surface area contributed by atoms with Crippen LogP contribution in [0.15, 0.2) is 34.1 Å². The van der Waals surface area contributed by atoms with Crippen LogP contribution >= 0.6 is 15.9 Å². The molecule has 0 aliphatic carbocycles. The van der Waals surface area contributed by atoms with Crippen molar-refractivity contribution < 1.29 is 9.21 Å². The number of carbonyl (C=O) groups is 1. The Bertz CT molecular complexity index is 566. The van der Waals surface area contributed by atoms with E-state index in [1.165, 1.54) is 12.6 Å². The third-order valence-electron chi connectivity index (χ3n) is 3.31. The minimum absolute atomic E-state index is 0.000680. The third-order valence-corrected chi connectivity index (χ3v) is 3.72. The van der Waals surface area contributed by atoms with E-state index in [0.29, 0.717) is 16.8 Å². The molecule has 2 aromatic heterocycles. The minimum Gasteiger partial charge on any atom is -0.457 e. The van der Waals surface area contributed by atoms with Crippen LogP contribution in [0.4, 0.5) is 0 Å². The summed E-state index contributed by atoms with van der Waals surface area (Å²) in [6.45, 7) is 1.43. The highest BCUT2D eigenvalue weighted by Gasteiger charge is 2.26. The van der Waals surface area contributed by atoms with Crippen molar-refractivity contribution in [1.29, 1.82) is 0 Å². The number of halogens is 1. The van der Waals surface area contributed by atoms with Crippen molar-refractivity contribution in [2.45, 2.75) is 18.9 Å². The quantitative estimate of drug-likeness (QED) is 0.848. The summed E-state index contributed by atoms with van der Waals surface area (Å²) in [6.07, 6.45) is 6.68. The lowest BCUT2D eigenvalue weighted by Crippen LogP contribution is -2.40. The lowest BCUT2D eigenvalue weighted by molar-refractivity contribution is 0.0672. The number of likely N-dealkylation sites (tertiary alicyclic amines) is 1. The zero-order valence-corrected chi connectivity index (χ0v) is 11.8. The Hall–Kier alpha value is -1.63. The van der Waals surface area contributed by atoms with Gasteiger partial charge < -0.3 is 9.32 Å². The van der Waals surface area contributed by atoms with E-state index in [0.717, 1.165) is 19.4 Å². The molecular weight excluding hydrogens is 312 g/mol. The molecule has 3 rings (SSSR count). The Morgan fingerprint density at radius 3 is 3.11 bits per heavy atom. The molecule has 1 saturated heterocycles. The number of furan rings is 1. The van der Waals surface area contributed by atoms with Crippen LogP contribution < -0.4 is 0 Å². The monoisotopic (exact) mass is 324 g/mol. The normalized spacial score (nSPS) is 19.6. The van der Waals surface area contributed by atoms with Crippen LogP contribution in [0.25, 0.3) is 0 Å². The maximum absolute atomic E-state index is 12.3. The molecule has 0 saturated carbocycles. The van der Waals surface area contributed by atoms with E-state index in [-0.39, 0.29) is 11.9 Å². The lowest BCUT2D eigenvalue weighted by Gasteiger charge is -2.32. The Labute approximate surface area is 118 Å². The molecular formula is C12H13BrN4O2. The molecule has 1 fully saturated rings. The molecule has 0 spiro atoms. The Morgan fingerprint density at radius 1 is 1.53 bits per heavy atom. The van der Waals surface area contributed by atoms with Crippen LogP contribution in [-0.4, -0.2) is 38.7 Å². The van der Waals surface area contributed by atoms with Crippen molar-refractivity contribution in [3.63, 3.8) is 0 Å². The largest absolute Gasteiger partial charge is 0.457 e. The standard InChI is InChI=1S/C12H13BrN4O2/c13-11-4-9(6-19-11)12(18)16-3-1-2-10(5-16)17-8-14-7-15-17/h4,6-8,10H,1-3,5H2/t10-/m0/s1. The van der Waals surface area contributed by atoms with Gasteiger partial charge in [-0.15, -0.1) is 0 Å². The summed E-state index contributed by atoms with van der Waals surface area (Å²) in [6, 6.07) is 1.90. The van der Waals surface area contributed by atoms with Gasteiger partial charge in [0.25, 0.3) is 5.91 Å². The van der Waals surface area contributed by atoms with Crippen LogP contribution in [0.5, 0.6) is 0 Å². The summed E-state index contributed by atoms with van der Waals surface area (Å²) in [4.78, 5) is 18.1. The number of aromatic nitrogens is 3. The highest BCUT2D eigenvalue weighted by atomic mass is 79.9. The van der Waals surface area contributed by atoms with E-state index < -0.39 is 0 Å². The number of carbonyl (C=O) groups excluding carboxylic acids is 1. The van der Waals surface area contributed by atoms with Crippen LogP contribution in [0.1, 0.15) is 29.2 Å². The number of hydrogen-bond donors (Lipinski definition) is 0. The number of hydrogen-bond acceptors (Lipinski definition) is 4. The number of amides is 1. The predicted octanol–water partition coefficient (Wildman–Crippen LogP) is 2.11. The molecule has 0 unspecified atom stereocenters. The van der Waals surface area contributed by atoms with Gasteiger partial charge in [-0.05, 0) is 28.8 Å². The molecule has 0 N–H and O–H groups in total. The molecule has 1 aliphatic heterocycles. The van der Waals surface area contributed by atoms with Gasteiger partial charge in [-0.1, -0.05) is 0 Å². The van der Waals surface area contributed by atoms with Crippen molar-refractivity contribution >= 4 is 21.8 Å². The summed E-state index contributed by atoms with van der Waals surface area (Å²) in [5, 5.41) is 4.15. The smallest absolute Gasteiger partial charge is 0.257 e. The molecule has 19 heavy (non-hydrogen) atoms. The van der Waals surface area contributed by atoms with Crippen molar-refractivity contribution in [2.75, 3.05) is 13.1 Å². The number of nitrogens with zero attached hydrogens (tertiary/aromatic N) is 4. The topological polar surface area (TPSA) is 64.2 Å². The molecule has 3 heterocycles. The summed E-state index contributed by atoms with van der Waals surface area (Å²) in [5.74, 6) is -0.000680. The van der Waals surface area contributed by atoms with Crippen molar-refractivity contribution in [1.82, 2.24) is 19.7 Å². The first kappa shape index (κ1) is 12.4. The van der Waals surface area contributed by atoms with E-state index >= 15 is 0 Å². The number of piperidine rings is 1. The van der Waals surface area contributed by atoms with Crippen LogP contribution in [0.2, 0.25) is 0 Å². The minimum atomic E-state index is -0.000680. The van der Waals surface area contributed by atoms with Crippen LogP contribution in [0, 0.1) is 0 Å². The first-order valence-corrected chi connectivity index (χ1v) is 6.91. The molecule has 1 aliphatic rings. The van der Waals surface area contributed by atoms with Crippen molar-refractivity contribution in [3.8, 4) is 0 Å². The lowest BCUT2D eigenvalue weighted by atomic mass is 10.1. The van der Waals surface area contributed by atoms with Gasteiger partial charge in [0.1, 0.15) is 18.9 Å². The highest BCUT2D eigenvalue weighted by molar-refractivity contribution is 9.10. The van der Waals surface area contributed by atoms with Gasteiger partial charge in [0, 0.05) is 19.2 Å². The van der Waals surface area contributed by atoms with E-state index in [9.17, 15) is 4.79 Å². The van der Waals surface area contributed by atoms with Gasteiger partial charge in [0.05, 0.1) is 11.6 Å². The first-order valence-electron chi connectivity index (χ1n) is 6.11. The van der Waals surface area contributed by atoms with E-state index in [2.05, 4.69) is 26.0 Å². The molecule has 2 aromatic rings. The second-order valence-corrected chi connectivity index (χ2v) is 5.34. The second-order valence-electron chi connectivity index (χ2n) is 4.56. The summed E-state index contributed by atoms with van der Waals surface area (Å²) in [7, 11) is 0. The SMILES string of the molecule is O=C(c1coc(Br)c1)N1CCC[C@H](n2cncn2)C1. The van der Waals surface area contributed by atoms with Crippen molar-refractivity contribution in [2.24, 2.45) is 0 Å². The van der Waals surface area contributed by atoms with Crippen molar-refractivity contribution in [3.05, 3.63) is 35.2 Å². The van der Waals surface area contributed by atoms with Gasteiger partial charge in [-0.25, -0.2) is 9.67 Å². The predicted molar refractivity (Wildman–Crippen MR) is 70.6 cm³/mol.